The number of piperidine rings is 2. The molecule has 24 heavy (non-hydrogen) atoms. The SMILES string of the molecule is CC1NCCCC1NS(=O)(=O)C1CCCN(C(=O)C2CCCC2)C1. The molecule has 6 nitrogen and oxygen atoms in total. The minimum atomic E-state index is -3.39. The van der Waals surface area contributed by atoms with Crippen LogP contribution in [0.15, 0.2) is 0 Å². The quantitative estimate of drug-likeness (QED) is 0.793. The summed E-state index contributed by atoms with van der Waals surface area (Å²) in [7, 11) is -3.39. The molecule has 3 unspecified atom stereocenters. The fourth-order valence-electron chi connectivity index (χ4n) is 4.33. The van der Waals surface area contributed by atoms with E-state index in [1.165, 1.54) is 0 Å². The molecule has 0 radical (unpaired) electrons. The maximum atomic E-state index is 12.8. The molecule has 0 aromatic carbocycles. The second kappa shape index (κ2) is 7.70. The van der Waals surface area contributed by atoms with Gasteiger partial charge in [0.25, 0.3) is 0 Å². The third-order valence-electron chi connectivity index (χ3n) is 5.91. The molecular weight excluding hydrogens is 326 g/mol. The van der Waals surface area contributed by atoms with Crippen molar-refractivity contribution in [1.29, 1.82) is 0 Å². The standard InChI is InChI=1S/C17H31N3O3S/c1-13-16(9-4-10-18-13)19-24(22,23)15-8-5-11-20(12-15)17(21)14-6-2-3-7-14/h13-16,18-19H,2-12H2,1H3. The van der Waals surface area contributed by atoms with E-state index in [4.69, 9.17) is 0 Å². The predicted molar refractivity (Wildman–Crippen MR) is 94.1 cm³/mol. The van der Waals surface area contributed by atoms with Gasteiger partial charge in [0.05, 0.1) is 5.25 Å². The van der Waals surface area contributed by atoms with Gasteiger partial charge in [0.1, 0.15) is 0 Å². The number of carbonyl (C=O) groups is 1. The van der Waals surface area contributed by atoms with E-state index in [0.29, 0.717) is 19.5 Å². The first kappa shape index (κ1) is 18.1. The zero-order chi connectivity index (χ0) is 17.2. The van der Waals surface area contributed by atoms with Gasteiger partial charge in [-0.2, -0.15) is 0 Å². The molecule has 1 amide bonds. The summed E-state index contributed by atoms with van der Waals surface area (Å²) in [6.07, 6.45) is 7.49. The molecule has 1 saturated carbocycles. The number of nitrogens with one attached hydrogen (secondary N) is 2. The Bertz CT molecular complexity index is 545. The summed E-state index contributed by atoms with van der Waals surface area (Å²) in [6.45, 7) is 4.05. The molecule has 2 N–H and O–H groups in total. The lowest BCUT2D eigenvalue weighted by Crippen LogP contribution is -2.56. The number of carbonyl (C=O) groups excluding carboxylic acids is 1. The number of likely N-dealkylation sites (tertiary alicyclic amines) is 1. The minimum absolute atomic E-state index is 0.0374. The number of sulfonamides is 1. The molecule has 2 saturated heterocycles. The van der Waals surface area contributed by atoms with Gasteiger partial charge >= 0.3 is 0 Å². The molecule has 2 aliphatic heterocycles. The third kappa shape index (κ3) is 4.11. The van der Waals surface area contributed by atoms with Crippen LogP contribution >= 0.6 is 0 Å². The van der Waals surface area contributed by atoms with Crippen LogP contribution in [0.1, 0.15) is 58.3 Å². The molecular formula is C17H31N3O3S. The highest BCUT2D eigenvalue weighted by atomic mass is 32.2. The van der Waals surface area contributed by atoms with E-state index < -0.39 is 15.3 Å². The van der Waals surface area contributed by atoms with E-state index in [2.05, 4.69) is 10.0 Å². The predicted octanol–water partition coefficient (Wildman–Crippen LogP) is 1.23. The average Bonchev–Trinajstić information content (AvgIpc) is 3.11. The molecule has 0 aromatic rings. The van der Waals surface area contributed by atoms with E-state index in [0.717, 1.165) is 51.5 Å². The highest BCUT2D eigenvalue weighted by Gasteiger charge is 2.37. The van der Waals surface area contributed by atoms with Crippen LogP contribution in [0.2, 0.25) is 0 Å². The Morgan fingerprint density at radius 1 is 1.08 bits per heavy atom. The number of amides is 1. The first-order valence-corrected chi connectivity index (χ1v) is 11.1. The van der Waals surface area contributed by atoms with Crippen LogP contribution in [0.3, 0.4) is 0 Å². The summed E-state index contributed by atoms with van der Waals surface area (Å²) in [5.74, 6) is 0.307. The molecule has 1 aliphatic carbocycles. The Labute approximate surface area is 145 Å². The summed E-state index contributed by atoms with van der Waals surface area (Å²) in [5, 5.41) is 2.86. The van der Waals surface area contributed by atoms with E-state index in [9.17, 15) is 13.2 Å². The van der Waals surface area contributed by atoms with Gasteiger partial charge in [-0.25, -0.2) is 13.1 Å². The van der Waals surface area contributed by atoms with Gasteiger partial charge in [-0.15, -0.1) is 0 Å². The van der Waals surface area contributed by atoms with Crippen molar-refractivity contribution in [2.45, 2.75) is 75.6 Å². The highest BCUT2D eigenvalue weighted by Crippen LogP contribution is 2.28. The maximum absolute atomic E-state index is 12.8. The first-order chi connectivity index (χ1) is 11.5. The molecule has 2 heterocycles. The van der Waals surface area contributed by atoms with Crippen LogP contribution in [0.25, 0.3) is 0 Å². The van der Waals surface area contributed by atoms with Gasteiger partial charge in [-0.3, -0.25) is 4.79 Å². The smallest absolute Gasteiger partial charge is 0.225 e. The van der Waals surface area contributed by atoms with Gasteiger partial charge in [0.15, 0.2) is 0 Å². The third-order valence-corrected chi connectivity index (χ3v) is 7.80. The Balaban J connectivity index is 1.61. The number of hydrogen-bond donors (Lipinski definition) is 2. The Hall–Kier alpha value is -0.660. The van der Waals surface area contributed by atoms with Crippen LogP contribution < -0.4 is 10.0 Å². The molecule has 0 bridgehead atoms. The molecule has 3 fully saturated rings. The molecule has 3 rings (SSSR count). The summed E-state index contributed by atoms with van der Waals surface area (Å²) in [6, 6.07) is 0.123. The van der Waals surface area contributed by atoms with Crippen molar-refractivity contribution >= 4 is 15.9 Å². The lowest BCUT2D eigenvalue weighted by atomic mass is 10.0. The zero-order valence-corrected chi connectivity index (χ0v) is 15.5. The molecule has 0 spiro atoms. The van der Waals surface area contributed by atoms with Gasteiger partial charge in [-0.1, -0.05) is 12.8 Å². The minimum Gasteiger partial charge on any atom is -0.341 e. The molecule has 138 valence electrons. The van der Waals surface area contributed by atoms with Crippen LogP contribution in [0, 0.1) is 5.92 Å². The van der Waals surface area contributed by atoms with Crippen LogP contribution in [0.4, 0.5) is 0 Å². The second-order valence-corrected chi connectivity index (χ2v) is 9.68. The van der Waals surface area contributed by atoms with Crippen molar-refractivity contribution in [3.05, 3.63) is 0 Å². The van der Waals surface area contributed by atoms with Crippen molar-refractivity contribution in [3.8, 4) is 0 Å². The van der Waals surface area contributed by atoms with E-state index in [-0.39, 0.29) is 23.9 Å². The summed E-state index contributed by atoms with van der Waals surface area (Å²) in [4.78, 5) is 14.4. The maximum Gasteiger partial charge on any atom is 0.225 e. The fourth-order valence-corrected chi connectivity index (χ4v) is 6.12. The molecule has 0 aromatic heterocycles. The zero-order valence-electron chi connectivity index (χ0n) is 14.7. The number of hydrogen-bond acceptors (Lipinski definition) is 4. The fraction of sp³-hybridized carbons (Fsp3) is 0.941. The van der Waals surface area contributed by atoms with Gasteiger partial charge < -0.3 is 10.2 Å². The highest BCUT2D eigenvalue weighted by molar-refractivity contribution is 7.90. The average molecular weight is 358 g/mol. The second-order valence-electron chi connectivity index (χ2n) is 7.68. The van der Waals surface area contributed by atoms with Gasteiger partial charge in [-0.05, 0) is 52.0 Å². The van der Waals surface area contributed by atoms with Crippen LogP contribution in [-0.2, 0) is 14.8 Å². The van der Waals surface area contributed by atoms with Crippen molar-refractivity contribution in [1.82, 2.24) is 14.9 Å². The normalized spacial score (nSPS) is 32.9. The monoisotopic (exact) mass is 357 g/mol. The van der Waals surface area contributed by atoms with Crippen molar-refractivity contribution < 1.29 is 13.2 Å². The van der Waals surface area contributed by atoms with E-state index >= 15 is 0 Å². The summed E-state index contributed by atoms with van der Waals surface area (Å²) >= 11 is 0. The summed E-state index contributed by atoms with van der Waals surface area (Å²) in [5.41, 5.74) is 0. The van der Waals surface area contributed by atoms with Gasteiger partial charge in [0, 0.05) is 31.1 Å². The largest absolute Gasteiger partial charge is 0.341 e. The lowest BCUT2D eigenvalue weighted by Gasteiger charge is -2.36. The Morgan fingerprint density at radius 2 is 1.83 bits per heavy atom. The molecule has 7 heteroatoms. The van der Waals surface area contributed by atoms with Crippen molar-refractivity contribution in [2.24, 2.45) is 5.92 Å². The van der Waals surface area contributed by atoms with E-state index in [1.807, 2.05) is 11.8 Å². The molecule has 3 aliphatic rings. The van der Waals surface area contributed by atoms with Crippen molar-refractivity contribution in [3.63, 3.8) is 0 Å². The number of nitrogens with zero attached hydrogens (tertiary/aromatic N) is 1. The summed E-state index contributed by atoms with van der Waals surface area (Å²) < 4.78 is 28.5. The topological polar surface area (TPSA) is 78.5 Å². The molecule has 3 atom stereocenters. The first-order valence-electron chi connectivity index (χ1n) is 9.50. The van der Waals surface area contributed by atoms with Gasteiger partial charge in [0.2, 0.25) is 15.9 Å². The lowest BCUT2D eigenvalue weighted by molar-refractivity contribution is -0.136. The number of rotatable bonds is 4. The Morgan fingerprint density at radius 3 is 2.54 bits per heavy atom. The van der Waals surface area contributed by atoms with E-state index in [1.54, 1.807) is 0 Å². The van der Waals surface area contributed by atoms with Crippen molar-refractivity contribution in [2.75, 3.05) is 19.6 Å². The van der Waals surface area contributed by atoms with Crippen LogP contribution in [0.5, 0.6) is 0 Å². The van der Waals surface area contributed by atoms with Crippen LogP contribution in [-0.4, -0.2) is 56.2 Å². The Kier molecular flexibility index (Phi) is 5.82.